The van der Waals surface area contributed by atoms with Gasteiger partial charge in [-0.05, 0) is 36.6 Å². The molecule has 6 nitrogen and oxygen atoms in total. The van der Waals surface area contributed by atoms with E-state index in [1.807, 2.05) is 31.2 Å². The smallest absolute Gasteiger partial charge is 0.243 e. The number of allylic oxidation sites excluding steroid dienone is 3. The average Bonchev–Trinajstić information content (AvgIpc) is 3.16. The van der Waals surface area contributed by atoms with Crippen LogP contribution in [0.3, 0.4) is 0 Å². The molecular weight excluding hydrogens is 324 g/mol. The Morgan fingerprint density at radius 3 is 2.96 bits per heavy atom. The molecule has 0 spiro atoms. The standard InChI is InChI=1S/C20H22N6/c1-4-14-8-7-9-16(10-14)19-13-22-26-20(23-19)21-12-17-11-18(25-24-17)15(5-2)6-3/h5-11,13H,2,4,12H2,1,3H3,(H,24,25)(H,21,23,26). The third-order valence-corrected chi connectivity index (χ3v) is 4.08. The maximum atomic E-state index is 4.56. The number of aromatic amines is 1. The molecule has 0 saturated heterocycles. The van der Waals surface area contributed by atoms with E-state index in [0.717, 1.165) is 34.6 Å². The minimum atomic E-state index is 0.482. The zero-order valence-corrected chi connectivity index (χ0v) is 15.0. The van der Waals surface area contributed by atoms with E-state index in [1.54, 1.807) is 12.3 Å². The van der Waals surface area contributed by atoms with E-state index in [4.69, 9.17) is 0 Å². The summed E-state index contributed by atoms with van der Waals surface area (Å²) in [5.74, 6) is 0.482. The molecule has 0 aliphatic carbocycles. The number of aryl methyl sites for hydroxylation is 1. The van der Waals surface area contributed by atoms with Gasteiger partial charge in [-0.3, -0.25) is 5.10 Å². The third kappa shape index (κ3) is 4.03. The van der Waals surface area contributed by atoms with Crippen LogP contribution >= 0.6 is 0 Å². The molecule has 26 heavy (non-hydrogen) atoms. The average molecular weight is 346 g/mol. The fourth-order valence-corrected chi connectivity index (χ4v) is 2.61. The molecule has 0 unspecified atom stereocenters. The lowest BCUT2D eigenvalue weighted by atomic mass is 10.1. The van der Waals surface area contributed by atoms with Gasteiger partial charge >= 0.3 is 0 Å². The minimum absolute atomic E-state index is 0.482. The van der Waals surface area contributed by atoms with Gasteiger partial charge in [-0.15, -0.1) is 5.10 Å². The number of nitrogens with zero attached hydrogens (tertiary/aromatic N) is 4. The quantitative estimate of drug-likeness (QED) is 0.632. The number of benzene rings is 1. The lowest BCUT2D eigenvalue weighted by molar-refractivity contribution is 0.921. The first-order valence-corrected chi connectivity index (χ1v) is 8.59. The molecule has 0 aliphatic rings. The van der Waals surface area contributed by atoms with E-state index in [2.05, 4.69) is 56.3 Å². The molecule has 2 heterocycles. The van der Waals surface area contributed by atoms with Crippen molar-refractivity contribution in [1.82, 2.24) is 25.4 Å². The zero-order chi connectivity index (χ0) is 18.4. The summed E-state index contributed by atoms with van der Waals surface area (Å²) in [5, 5.41) is 18.6. The molecule has 3 rings (SSSR count). The van der Waals surface area contributed by atoms with Crippen molar-refractivity contribution in [3.8, 4) is 11.3 Å². The second-order valence-corrected chi connectivity index (χ2v) is 5.80. The summed E-state index contributed by atoms with van der Waals surface area (Å²) < 4.78 is 0. The predicted molar refractivity (Wildman–Crippen MR) is 104 cm³/mol. The molecule has 6 heteroatoms. The molecule has 1 aromatic carbocycles. The Labute approximate surface area is 153 Å². The van der Waals surface area contributed by atoms with E-state index in [0.29, 0.717) is 12.5 Å². The molecule has 0 bridgehead atoms. The maximum absolute atomic E-state index is 4.56. The number of hydrogen-bond donors (Lipinski definition) is 2. The van der Waals surface area contributed by atoms with Gasteiger partial charge in [-0.2, -0.15) is 10.2 Å². The Balaban J connectivity index is 1.72. The van der Waals surface area contributed by atoms with Gasteiger partial charge in [0.05, 0.1) is 29.8 Å². The summed E-state index contributed by atoms with van der Waals surface area (Å²) in [6.07, 6.45) is 6.42. The van der Waals surface area contributed by atoms with Crippen molar-refractivity contribution in [2.24, 2.45) is 0 Å². The van der Waals surface area contributed by atoms with Gasteiger partial charge in [0.25, 0.3) is 0 Å². The zero-order valence-electron chi connectivity index (χ0n) is 15.0. The van der Waals surface area contributed by atoms with Crippen LogP contribution in [0.4, 0.5) is 5.95 Å². The molecule has 0 atom stereocenters. The van der Waals surface area contributed by atoms with E-state index < -0.39 is 0 Å². The SMILES string of the molecule is C=CC(=CC)c1cc(CNc2nncc(-c3cccc(CC)c3)n2)[nH]n1. The van der Waals surface area contributed by atoms with Crippen molar-refractivity contribution in [2.75, 3.05) is 5.32 Å². The number of hydrogen-bond acceptors (Lipinski definition) is 5. The highest BCUT2D eigenvalue weighted by molar-refractivity contribution is 5.70. The van der Waals surface area contributed by atoms with E-state index in [-0.39, 0.29) is 0 Å². The Kier molecular flexibility index (Phi) is 5.53. The van der Waals surface area contributed by atoms with E-state index in [1.165, 1.54) is 5.56 Å². The van der Waals surface area contributed by atoms with Crippen LogP contribution < -0.4 is 5.32 Å². The third-order valence-electron chi connectivity index (χ3n) is 4.08. The van der Waals surface area contributed by atoms with Crippen LogP contribution in [0, 0.1) is 0 Å². The Bertz CT molecular complexity index is 925. The van der Waals surface area contributed by atoms with Crippen molar-refractivity contribution in [2.45, 2.75) is 26.8 Å². The van der Waals surface area contributed by atoms with Crippen LogP contribution in [0.15, 0.2) is 55.3 Å². The summed E-state index contributed by atoms with van der Waals surface area (Å²) in [7, 11) is 0. The van der Waals surface area contributed by atoms with Gasteiger partial charge < -0.3 is 5.32 Å². The monoisotopic (exact) mass is 346 g/mol. The van der Waals surface area contributed by atoms with Gasteiger partial charge in [-0.1, -0.05) is 43.9 Å². The molecule has 3 aromatic rings. The molecule has 2 N–H and O–H groups in total. The Hall–Kier alpha value is -3.28. The molecule has 2 aromatic heterocycles. The van der Waals surface area contributed by atoms with Gasteiger partial charge in [0.2, 0.25) is 5.95 Å². The largest absolute Gasteiger partial charge is 0.347 e. The van der Waals surface area contributed by atoms with Crippen molar-refractivity contribution in [3.63, 3.8) is 0 Å². The van der Waals surface area contributed by atoms with Crippen LogP contribution in [-0.4, -0.2) is 25.4 Å². The maximum Gasteiger partial charge on any atom is 0.243 e. The van der Waals surface area contributed by atoms with Gasteiger partial charge in [-0.25, -0.2) is 4.98 Å². The van der Waals surface area contributed by atoms with Crippen LogP contribution in [-0.2, 0) is 13.0 Å². The summed E-state index contributed by atoms with van der Waals surface area (Å²) in [6, 6.07) is 10.3. The van der Waals surface area contributed by atoms with Crippen LogP contribution in [0.2, 0.25) is 0 Å². The number of rotatable bonds is 7. The first kappa shape index (κ1) is 17.5. The molecule has 0 saturated carbocycles. The van der Waals surface area contributed by atoms with Crippen molar-refractivity contribution in [3.05, 3.63) is 72.2 Å². The van der Waals surface area contributed by atoms with Crippen molar-refractivity contribution >= 4 is 11.5 Å². The highest BCUT2D eigenvalue weighted by Gasteiger charge is 2.06. The Morgan fingerprint density at radius 1 is 1.31 bits per heavy atom. The summed E-state index contributed by atoms with van der Waals surface area (Å²) in [5.41, 5.74) is 5.89. The number of H-pyrrole nitrogens is 1. The molecule has 0 fully saturated rings. The summed E-state index contributed by atoms with van der Waals surface area (Å²) >= 11 is 0. The topological polar surface area (TPSA) is 79.4 Å². The molecule has 0 aliphatic heterocycles. The predicted octanol–water partition coefficient (Wildman–Crippen LogP) is 4.03. The van der Waals surface area contributed by atoms with Gasteiger partial charge in [0.1, 0.15) is 0 Å². The fourth-order valence-electron chi connectivity index (χ4n) is 2.61. The molecule has 0 radical (unpaired) electrons. The summed E-state index contributed by atoms with van der Waals surface area (Å²) in [4.78, 5) is 4.56. The molecule has 132 valence electrons. The second-order valence-electron chi connectivity index (χ2n) is 5.80. The van der Waals surface area contributed by atoms with Crippen LogP contribution in [0.25, 0.3) is 16.8 Å². The first-order chi connectivity index (χ1) is 12.7. The Morgan fingerprint density at radius 2 is 2.19 bits per heavy atom. The van der Waals surface area contributed by atoms with Crippen LogP contribution in [0.1, 0.15) is 30.8 Å². The lowest BCUT2D eigenvalue weighted by Crippen LogP contribution is -2.05. The number of anilines is 1. The molecule has 0 amide bonds. The van der Waals surface area contributed by atoms with Gasteiger partial charge in [0.15, 0.2) is 0 Å². The van der Waals surface area contributed by atoms with E-state index >= 15 is 0 Å². The molecular formula is C20H22N6. The highest BCUT2D eigenvalue weighted by atomic mass is 15.2. The first-order valence-electron chi connectivity index (χ1n) is 8.59. The normalized spacial score (nSPS) is 11.4. The minimum Gasteiger partial charge on any atom is -0.347 e. The summed E-state index contributed by atoms with van der Waals surface area (Å²) in [6.45, 7) is 8.42. The van der Waals surface area contributed by atoms with Gasteiger partial charge in [0, 0.05) is 5.56 Å². The lowest BCUT2D eigenvalue weighted by Gasteiger charge is -2.06. The van der Waals surface area contributed by atoms with Crippen molar-refractivity contribution < 1.29 is 0 Å². The van der Waals surface area contributed by atoms with E-state index in [9.17, 15) is 0 Å². The highest BCUT2D eigenvalue weighted by Crippen LogP contribution is 2.19. The number of nitrogens with one attached hydrogen (secondary N) is 2. The van der Waals surface area contributed by atoms with Crippen LogP contribution in [0.5, 0.6) is 0 Å². The number of aromatic nitrogens is 5. The fraction of sp³-hybridized carbons (Fsp3) is 0.200. The second kappa shape index (κ2) is 8.20. The van der Waals surface area contributed by atoms with Crippen molar-refractivity contribution in [1.29, 1.82) is 0 Å².